The summed E-state index contributed by atoms with van der Waals surface area (Å²) in [5, 5.41) is 14.2. The maximum atomic E-state index is 12.3. The third kappa shape index (κ3) is 4.73. The molecule has 0 aliphatic carbocycles. The van der Waals surface area contributed by atoms with Crippen LogP contribution in [-0.4, -0.2) is 49.2 Å². The minimum absolute atomic E-state index is 0.0721. The molecule has 1 aromatic carbocycles. The third-order valence-electron chi connectivity index (χ3n) is 4.82. The second-order valence-corrected chi connectivity index (χ2v) is 7.24. The van der Waals surface area contributed by atoms with E-state index in [4.69, 9.17) is 22.8 Å². The highest BCUT2D eigenvalue weighted by molar-refractivity contribution is 6.31. The molecule has 1 fully saturated rings. The van der Waals surface area contributed by atoms with Gasteiger partial charge in [-0.15, -0.1) is 12.3 Å². The zero-order chi connectivity index (χ0) is 20.1. The van der Waals surface area contributed by atoms with E-state index >= 15 is 0 Å². The standard InChI is InChI=1S/C19H22ClN5O3/c1-3-4-7-19(23-24-19)8-9-21-17(26)13-11-25(12-13)18(27)22-15-10-14(20)5-6-16(15)28-2/h1,5-6,10,13H,4,7-9,11-12H2,2H3,(H,21,26)(H,22,27). The normalized spacial score (nSPS) is 16.7. The molecule has 0 spiro atoms. The summed E-state index contributed by atoms with van der Waals surface area (Å²) in [7, 11) is 1.52. The smallest absolute Gasteiger partial charge is 0.321 e. The van der Waals surface area contributed by atoms with Crippen molar-refractivity contribution in [2.24, 2.45) is 16.1 Å². The lowest BCUT2D eigenvalue weighted by molar-refractivity contribution is -0.128. The van der Waals surface area contributed by atoms with Gasteiger partial charge in [0.2, 0.25) is 5.91 Å². The van der Waals surface area contributed by atoms with Crippen LogP contribution in [-0.2, 0) is 4.79 Å². The number of carbonyl (C=O) groups is 2. The number of amides is 3. The second kappa shape index (κ2) is 8.48. The van der Waals surface area contributed by atoms with E-state index in [0.717, 1.165) is 0 Å². The number of rotatable bonds is 8. The van der Waals surface area contributed by atoms with Gasteiger partial charge >= 0.3 is 6.03 Å². The molecule has 3 amide bonds. The molecule has 2 N–H and O–H groups in total. The van der Waals surface area contributed by atoms with Crippen molar-refractivity contribution < 1.29 is 14.3 Å². The Morgan fingerprint density at radius 1 is 1.39 bits per heavy atom. The number of halogens is 1. The van der Waals surface area contributed by atoms with E-state index in [1.165, 1.54) is 7.11 Å². The fourth-order valence-corrected chi connectivity index (χ4v) is 3.15. The molecule has 0 radical (unpaired) electrons. The summed E-state index contributed by atoms with van der Waals surface area (Å²) in [6, 6.07) is 4.68. The van der Waals surface area contributed by atoms with Gasteiger partial charge in [0, 0.05) is 43.9 Å². The van der Waals surface area contributed by atoms with Crippen LogP contribution in [0.1, 0.15) is 19.3 Å². The first-order valence-corrected chi connectivity index (χ1v) is 9.39. The Bertz CT molecular complexity index is 823. The lowest BCUT2D eigenvalue weighted by atomic mass is 9.99. The van der Waals surface area contributed by atoms with Gasteiger partial charge in [0.25, 0.3) is 0 Å². The van der Waals surface area contributed by atoms with Gasteiger partial charge in [0.15, 0.2) is 5.66 Å². The van der Waals surface area contributed by atoms with Crippen molar-refractivity contribution in [2.45, 2.75) is 24.9 Å². The van der Waals surface area contributed by atoms with Gasteiger partial charge in [0.1, 0.15) is 5.75 Å². The zero-order valence-electron chi connectivity index (χ0n) is 15.6. The molecule has 0 unspecified atom stereocenters. The largest absolute Gasteiger partial charge is 0.495 e. The van der Waals surface area contributed by atoms with Crippen molar-refractivity contribution >= 4 is 29.2 Å². The fraction of sp³-hybridized carbons (Fsp3) is 0.474. The Labute approximate surface area is 168 Å². The van der Waals surface area contributed by atoms with Gasteiger partial charge in [-0.1, -0.05) is 11.6 Å². The number of terminal acetylenes is 1. The summed E-state index contributed by atoms with van der Waals surface area (Å²) in [4.78, 5) is 26.1. The molecule has 1 saturated heterocycles. The summed E-state index contributed by atoms with van der Waals surface area (Å²) >= 11 is 5.97. The number of likely N-dealkylation sites (tertiary alicyclic amines) is 1. The highest BCUT2D eigenvalue weighted by Gasteiger charge is 2.40. The average molecular weight is 404 g/mol. The molecule has 0 saturated carbocycles. The van der Waals surface area contributed by atoms with E-state index in [2.05, 4.69) is 26.8 Å². The SMILES string of the molecule is C#CCCC1(CCNC(=O)C2CN(C(=O)Nc3cc(Cl)ccc3OC)C2)N=N1. The van der Waals surface area contributed by atoms with E-state index in [1.807, 2.05) is 0 Å². The van der Waals surface area contributed by atoms with Gasteiger partial charge in [0.05, 0.1) is 18.7 Å². The first-order valence-electron chi connectivity index (χ1n) is 9.01. The summed E-state index contributed by atoms with van der Waals surface area (Å²) < 4.78 is 5.21. The molecule has 148 valence electrons. The number of methoxy groups -OCH3 is 1. The molecule has 2 aliphatic rings. The molecule has 2 heterocycles. The van der Waals surface area contributed by atoms with Crippen LogP contribution in [0, 0.1) is 18.3 Å². The molecule has 1 aromatic rings. The Balaban J connectivity index is 1.39. The van der Waals surface area contributed by atoms with Gasteiger partial charge < -0.3 is 20.3 Å². The lowest BCUT2D eigenvalue weighted by Gasteiger charge is -2.38. The minimum atomic E-state index is -0.402. The Kier molecular flexibility index (Phi) is 6.05. The number of hydrogen-bond donors (Lipinski definition) is 2. The lowest BCUT2D eigenvalue weighted by Crippen LogP contribution is -2.57. The Hall–Kier alpha value is -2.79. The molecule has 0 bridgehead atoms. The maximum Gasteiger partial charge on any atom is 0.321 e. The Morgan fingerprint density at radius 3 is 2.79 bits per heavy atom. The van der Waals surface area contributed by atoms with E-state index in [0.29, 0.717) is 55.4 Å². The molecular formula is C19H22ClN5O3. The van der Waals surface area contributed by atoms with Crippen molar-refractivity contribution in [1.82, 2.24) is 10.2 Å². The van der Waals surface area contributed by atoms with E-state index in [9.17, 15) is 9.59 Å². The number of hydrogen-bond acceptors (Lipinski definition) is 5. The van der Waals surface area contributed by atoms with E-state index < -0.39 is 5.66 Å². The van der Waals surface area contributed by atoms with Crippen LogP contribution in [0.2, 0.25) is 5.02 Å². The van der Waals surface area contributed by atoms with Crippen LogP contribution in [0.5, 0.6) is 5.75 Å². The van der Waals surface area contributed by atoms with E-state index in [1.54, 1.807) is 23.1 Å². The minimum Gasteiger partial charge on any atom is -0.495 e. The van der Waals surface area contributed by atoms with Gasteiger partial charge in [-0.05, 0) is 18.2 Å². The molecular weight excluding hydrogens is 382 g/mol. The third-order valence-corrected chi connectivity index (χ3v) is 5.05. The quantitative estimate of drug-likeness (QED) is 0.653. The van der Waals surface area contributed by atoms with Gasteiger partial charge in [-0.2, -0.15) is 10.2 Å². The average Bonchev–Trinajstić information content (AvgIpc) is 3.39. The summed E-state index contributed by atoms with van der Waals surface area (Å²) in [5.74, 6) is 2.80. The highest BCUT2D eigenvalue weighted by Crippen LogP contribution is 2.36. The first-order chi connectivity index (χ1) is 13.5. The van der Waals surface area contributed by atoms with Crippen molar-refractivity contribution in [1.29, 1.82) is 0 Å². The summed E-state index contributed by atoms with van der Waals surface area (Å²) in [5.41, 5.74) is 0.0865. The van der Waals surface area contributed by atoms with Crippen LogP contribution < -0.4 is 15.4 Å². The fourth-order valence-electron chi connectivity index (χ4n) is 2.98. The highest BCUT2D eigenvalue weighted by atomic mass is 35.5. The van der Waals surface area contributed by atoms with Crippen LogP contribution in [0.15, 0.2) is 28.4 Å². The molecule has 28 heavy (non-hydrogen) atoms. The molecule has 3 rings (SSSR count). The maximum absolute atomic E-state index is 12.3. The number of anilines is 1. The second-order valence-electron chi connectivity index (χ2n) is 6.80. The number of urea groups is 1. The number of ether oxygens (including phenoxy) is 1. The van der Waals surface area contributed by atoms with E-state index in [-0.39, 0.29) is 17.9 Å². The van der Waals surface area contributed by atoms with Crippen LogP contribution in [0.25, 0.3) is 0 Å². The van der Waals surface area contributed by atoms with Crippen LogP contribution >= 0.6 is 11.6 Å². The predicted octanol–water partition coefficient (Wildman–Crippen LogP) is 2.89. The van der Waals surface area contributed by atoms with Crippen molar-refractivity contribution in [2.75, 3.05) is 32.1 Å². The molecule has 9 heteroatoms. The van der Waals surface area contributed by atoms with Crippen molar-refractivity contribution in [3.8, 4) is 18.1 Å². The van der Waals surface area contributed by atoms with Crippen molar-refractivity contribution in [3.63, 3.8) is 0 Å². The number of carbonyl (C=O) groups excluding carboxylic acids is 2. The number of nitrogens with zero attached hydrogens (tertiary/aromatic N) is 3. The molecule has 8 nitrogen and oxygen atoms in total. The monoisotopic (exact) mass is 403 g/mol. The first kappa shape index (κ1) is 20.0. The van der Waals surface area contributed by atoms with Crippen molar-refractivity contribution in [3.05, 3.63) is 23.2 Å². The van der Waals surface area contributed by atoms with Crippen LogP contribution in [0.4, 0.5) is 10.5 Å². The predicted molar refractivity (Wildman–Crippen MR) is 105 cm³/mol. The molecule has 0 atom stereocenters. The van der Waals surface area contributed by atoms with Crippen LogP contribution in [0.3, 0.4) is 0 Å². The number of benzene rings is 1. The summed E-state index contributed by atoms with van der Waals surface area (Å²) in [6.45, 7) is 1.20. The summed E-state index contributed by atoms with van der Waals surface area (Å²) in [6.07, 6.45) is 7.23. The van der Waals surface area contributed by atoms with Gasteiger partial charge in [-0.3, -0.25) is 4.79 Å². The van der Waals surface area contributed by atoms with Gasteiger partial charge in [-0.25, -0.2) is 4.79 Å². The topological polar surface area (TPSA) is 95.4 Å². The Morgan fingerprint density at radius 2 is 2.14 bits per heavy atom. The molecule has 2 aliphatic heterocycles. The number of nitrogens with one attached hydrogen (secondary N) is 2. The molecule has 0 aromatic heterocycles. The zero-order valence-corrected chi connectivity index (χ0v) is 16.3.